The largest absolute Gasteiger partial charge is 0.481 e. The van der Waals surface area contributed by atoms with Crippen LogP contribution >= 0.6 is 0 Å². The van der Waals surface area contributed by atoms with E-state index >= 15 is 0 Å². The quantitative estimate of drug-likeness (QED) is 0.909. The molecule has 6 nitrogen and oxygen atoms in total. The number of rotatable bonds is 4. The number of hydrogen-bond donors (Lipinski definition) is 1. The molecule has 1 aromatic rings. The lowest BCUT2D eigenvalue weighted by atomic mass is 9.76. The van der Waals surface area contributed by atoms with Gasteiger partial charge in [-0.25, -0.2) is 0 Å². The first-order valence-electron chi connectivity index (χ1n) is 8.39. The predicted molar refractivity (Wildman–Crippen MR) is 92.6 cm³/mol. The Hall–Kier alpha value is -2.63. The predicted octanol–water partition coefficient (Wildman–Crippen LogP) is 2.07. The fraction of sp³-hybridized carbons (Fsp3) is 0.421. The molecule has 3 rings (SSSR count). The van der Waals surface area contributed by atoms with Crippen molar-refractivity contribution in [1.29, 1.82) is 0 Å². The molecule has 2 aliphatic heterocycles. The van der Waals surface area contributed by atoms with Gasteiger partial charge in [-0.2, -0.15) is 0 Å². The molecule has 2 aliphatic rings. The average Bonchev–Trinajstić information content (AvgIpc) is 3.13. The Morgan fingerprint density at radius 1 is 1.28 bits per heavy atom. The second kappa shape index (κ2) is 6.02. The molecule has 1 fully saturated rings. The number of fused-ring (bicyclic) bond motifs is 1. The van der Waals surface area contributed by atoms with Crippen LogP contribution in [0.5, 0.6) is 0 Å². The lowest BCUT2D eigenvalue weighted by molar-refractivity contribution is -0.151. The Morgan fingerprint density at radius 3 is 2.44 bits per heavy atom. The number of carboxylic acid groups (broad SMARTS) is 1. The highest BCUT2D eigenvalue weighted by atomic mass is 16.4. The van der Waals surface area contributed by atoms with Gasteiger partial charge in [0.15, 0.2) is 0 Å². The summed E-state index contributed by atoms with van der Waals surface area (Å²) >= 11 is 0. The average molecular weight is 342 g/mol. The van der Waals surface area contributed by atoms with Crippen LogP contribution in [0, 0.1) is 11.3 Å². The van der Waals surface area contributed by atoms with E-state index in [0.29, 0.717) is 24.2 Å². The van der Waals surface area contributed by atoms with Gasteiger partial charge in [-0.05, 0) is 18.4 Å². The Kier molecular flexibility index (Phi) is 4.14. The third-order valence-corrected chi connectivity index (χ3v) is 5.52. The van der Waals surface area contributed by atoms with Crippen molar-refractivity contribution in [3.63, 3.8) is 0 Å². The van der Waals surface area contributed by atoms with Crippen LogP contribution in [-0.2, 0) is 9.59 Å². The van der Waals surface area contributed by atoms with E-state index in [1.807, 2.05) is 26.0 Å². The first-order valence-corrected chi connectivity index (χ1v) is 8.39. The van der Waals surface area contributed by atoms with E-state index in [2.05, 4.69) is 6.58 Å². The standard InChI is InChI=1S/C19H22N2O4/c1-12(2)19(18(24)25)8-9-20(11-19)16(22)10-21-13(3)14-6-4-5-7-15(14)17(21)23/h4-7,12H,3,8-11H2,1-2H3,(H,24,25). The number of likely N-dealkylation sites (tertiary alicyclic amines) is 1. The molecule has 25 heavy (non-hydrogen) atoms. The normalized spacial score (nSPS) is 22.7. The van der Waals surface area contributed by atoms with Gasteiger partial charge in [0, 0.05) is 29.9 Å². The summed E-state index contributed by atoms with van der Waals surface area (Å²) in [6.45, 7) is 8.13. The van der Waals surface area contributed by atoms with E-state index in [0.717, 1.165) is 5.56 Å². The number of benzene rings is 1. The third kappa shape index (κ3) is 2.62. The second-order valence-electron chi connectivity index (χ2n) is 7.06. The third-order valence-electron chi connectivity index (χ3n) is 5.52. The summed E-state index contributed by atoms with van der Waals surface area (Å²) in [5.74, 6) is -1.42. The van der Waals surface area contributed by atoms with E-state index in [1.165, 1.54) is 4.90 Å². The van der Waals surface area contributed by atoms with Crippen LogP contribution in [0.1, 0.15) is 36.2 Å². The van der Waals surface area contributed by atoms with Crippen molar-refractivity contribution in [3.8, 4) is 0 Å². The molecule has 0 radical (unpaired) electrons. The number of hydrogen-bond acceptors (Lipinski definition) is 3. The SMILES string of the molecule is C=C1c2ccccc2C(=O)N1CC(=O)N1CCC(C(=O)O)(C(C)C)C1. The smallest absolute Gasteiger partial charge is 0.311 e. The van der Waals surface area contributed by atoms with Gasteiger partial charge in [0.05, 0.1) is 5.41 Å². The van der Waals surface area contributed by atoms with Crippen LogP contribution in [0.25, 0.3) is 5.70 Å². The molecular formula is C19H22N2O4. The molecular weight excluding hydrogens is 320 g/mol. The van der Waals surface area contributed by atoms with Crippen molar-refractivity contribution in [2.75, 3.05) is 19.6 Å². The van der Waals surface area contributed by atoms with Gasteiger partial charge in [-0.15, -0.1) is 0 Å². The van der Waals surface area contributed by atoms with Crippen molar-refractivity contribution in [3.05, 3.63) is 42.0 Å². The summed E-state index contributed by atoms with van der Waals surface area (Å²) in [5, 5.41) is 9.60. The van der Waals surface area contributed by atoms with E-state index in [9.17, 15) is 19.5 Å². The number of nitrogens with zero attached hydrogens (tertiary/aromatic N) is 2. The number of carbonyl (C=O) groups excluding carboxylic acids is 2. The van der Waals surface area contributed by atoms with Gasteiger partial charge >= 0.3 is 5.97 Å². The van der Waals surface area contributed by atoms with Crippen molar-refractivity contribution < 1.29 is 19.5 Å². The molecule has 0 aliphatic carbocycles. The molecule has 132 valence electrons. The zero-order valence-electron chi connectivity index (χ0n) is 14.5. The van der Waals surface area contributed by atoms with Crippen molar-refractivity contribution >= 4 is 23.5 Å². The molecule has 1 N–H and O–H groups in total. The topological polar surface area (TPSA) is 77.9 Å². The van der Waals surface area contributed by atoms with Crippen LogP contribution in [0.15, 0.2) is 30.8 Å². The molecule has 0 saturated carbocycles. The molecule has 1 aromatic carbocycles. The van der Waals surface area contributed by atoms with Crippen LogP contribution < -0.4 is 0 Å². The van der Waals surface area contributed by atoms with E-state index in [4.69, 9.17) is 0 Å². The summed E-state index contributed by atoms with van der Waals surface area (Å²) in [5.41, 5.74) is 0.888. The molecule has 0 spiro atoms. The Labute approximate surface area is 146 Å². The minimum Gasteiger partial charge on any atom is -0.481 e. The highest BCUT2D eigenvalue weighted by Gasteiger charge is 2.48. The minimum absolute atomic E-state index is 0.0737. The Balaban J connectivity index is 1.73. The fourth-order valence-electron chi connectivity index (χ4n) is 3.68. The highest BCUT2D eigenvalue weighted by molar-refractivity contribution is 6.10. The van der Waals surface area contributed by atoms with Crippen LogP contribution in [0.2, 0.25) is 0 Å². The maximum Gasteiger partial charge on any atom is 0.311 e. The maximum absolute atomic E-state index is 12.7. The molecule has 1 saturated heterocycles. The molecule has 2 heterocycles. The molecule has 2 amide bonds. The first-order chi connectivity index (χ1) is 11.8. The molecule has 1 unspecified atom stereocenters. The summed E-state index contributed by atoms with van der Waals surface area (Å²) in [4.78, 5) is 39.8. The molecule has 6 heteroatoms. The van der Waals surface area contributed by atoms with Gasteiger partial charge in [0.2, 0.25) is 5.91 Å². The summed E-state index contributed by atoms with van der Waals surface area (Å²) in [6, 6.07) is 7.13. The van der Waals surface area contributed by atoms with Gasteiger partial charge in [-0.3, -0.25) is 19.3 Å². The molecule has 0 aromatic heterocycles. The van der Waals surface area contributed by atoms with Gasteiger partial charge in [0.25, 0.3) is 5.91 Å². The lowest BCUT2D eigenvalue weighted by Crippen LogP contribution is -2.43. The number of amides is 2. The van der Waals surface area contributed by atoms with E-state index in [-0.39, 0.29) is 30.8 Å². The van der Waals surface area contributed by atoms with Crippen molar-refractivity contribution in [1.82, 2.24) is 9.80 Å². The monoisotopic (exact) mass is 342 g/mol. The lowest BCUT2D eigenvalue weighted by Gasteiger charge is -2.29. The number of carbonyl (C=O) groups is 3. The fourth-order valence-corrected chi connectivity index (χ4v) is 3.68. The Bertz CT molecular complexity index is 735. The van der Waals surface area contributed by atoms with Gasteiger partial charge in [0.1, 0.15) is 6.54 Å². The van der Waals surface area contributed by atoms with E-state index in [1.54, 1.807) is 17.0 Å². The van der Waals surface area contributed by atoms with Crippen LogP contribution in [-0.4, -0.2) is 52.3 Å². The number of carboxylic acids is 1. The van der Waals surface area contributed by atoms with Crippen LogP contribution in [0.4, 0.5) is 0 Å². The zero-order chi connectivity index (χ0) is 18.4. The van der Waals surface area contributed by atoms with Gasteiger partial charge < -0.3 is 10.0 Å². The Morgan fingerprint density at radius 2 is 1.92 bits per heavy atom. The second-order valence-corrected chi connectivity index (χ2v) is 7.06. The summed E-state index contributed by atoms with van der Waals surface area (Å²) in [6.07, 6.45) is 0.431. The van der Waals surface area contributed by atoms with Crippen molar-refractivity contribution in [2.45, 2.75) is 20.3 Å². The minimum atomic E-state index is -0.912. The van der Waals surface area contributed by atoms with Crippen LogP contribution in [0.3, 0.4) is 0 Å². The number of aliphatic carboxylic acids is 1. The van der Waals surface area contributed by atoms with E-state index < -0.39 is 11.4 Å². The van der Waals surface area contributed by atoms with Gasteiger partial charge in [-0.1, -0.05) is 38.6 Å². The highest BCUT2D eigenvalue weighted by Crippen LogP contribution is 2.38. The van der Waals surface area contributed by atoms with Crippen molar-refractivity contribution in [2.24, 2.45) is 11.3 Å². The first kappa shape index (κ1) is 17.2. The molecule has 0 bridgehead atoms. The summed E-state index contributed by atoms with van der Waals surface area (Å²) in [7, 11) is 0. The maximum atomic E-state index is 12.7. The molecule has 1 atom stereocenters. The zero-order valence-corrected chi connectivity index (χ0v) is 14.5. The summed E-state index contributed by atoms with van der Waals surface area (Å²) < 4.78 is 0.